The molecule has 1 fully saturated rings. The van der Waals surface area contributed by atoms with Crippen molar-refractivity contribution in [1.29, 1.82) is 0 Å². The highest BCUT2D eigenvalue weighted by Crippen LogP contribution is 2.39. The Labute approximate surface area is 190 Å². The minimum absolute atomic E-state index is 0.253. The lowest BCUT2D eigenvalue weighted by molar-refractivity contribution is 0.130. The van der Waals surface area contributed by atoms with E-state index in [9.17, 15) is 9.59 Å². The number of aliphatic imine (C=N–C) groups is 1. The van der Waals surface area contributed by atoms with Gasteiger partial charge in [-0.15, -0.1) is 0 Å². The van der Waals surface area contributed by atoms with Crippen LogP contribution >= 0.6 is 35.7 Å². The highest BCUT2D eigenvalue weighted by molar-refractivity contribution is 8.16. The van der Waals surface area contributed by atoms with Crippen LogP contribution in [-0.4, -0.2) is 85.8 Å². The lowest BCUT2D eigenvalue weighted by Crippen LogP contribution is -2.39. The number of amides is 2. The molecule has 2 aliphatic heterocycles. The van der Waals surface area contributed by atoms with E-state index in [4.69, 9.17) is 9.68 Å². The molecule has 2 rings (SSSR count). The zero-order chi connectivity index (χ0) is 22.5. The van der Waals surface area contributed by atoms with Gasteiger partial charge in [-0.05, 0) is 40.4 Å². The van der Waals surface area contributed by atoms with Crippen molar-refractivity contribution in [3.63, 3.8) is 0 Å². The fourth-order valence-electron chi connectivity index (χ4n) is 2.33. The molecule has 0 aromatic heterocycles. The smallest absolute Gasteiger partial charge is 0.305 e. The SMILES string of the molecule is CSC(C)(C)C=NOC(=O)N(C)SN(C)C(=O)ON=C1N2CCCN=C2SC1(C)C. The maximum absolute atomic E-state index is 12.3. The Morgan fingerprint density at radius 1 is 1.27 bits per heavy atom. The van der Waals surface area contributed by atoms with E-state index in [1.807, 2.05) is 38.9 Å². The van der Waals surface area contributed by atoms with Crippen molar-refractivity contribution in [2.75, 3.05) is 33.4 Å². The summed E-state index contributed by atoms with van der Waals surface area (Å²) in [6.07, 6.45) is 2.96. The van der Waals surface area contributed by atoms with Crippen molar-refractivity contribution in [1.82, 2.24) is 13.5 Å². The molecule has 13 heteroatoms. The molecule has 2 heterocycles. The van der Waals surface area contributed by atoms with Crippen LogP contribution in [0, 0.1) is 0 Å². The average molecular weight is 477 g/mol. The molecule has 0 atom stereocenters. The van der Waals surface area contributed by atoms with E-state index in [1.54, 1.807) is 29.7 Å². The van der Waals surface area contributed by atoms with Crippen molar-refractivity contribution >= 4 is 65.1 Å². The largest absolute Gasteiger partial charge is 0.447 e. The van der Waals surface area contributed by atoms with E-state index in [-0.39, 0.29) is 9.49 Å². The molecule has 2 aliphatic rings. The first kappa shape index (κ1) is 24.7. The van der Waals surface area contributed by atoms with Crippen LogP contribution in [0.4, 0.5) is 9.59 Å². The Morgan fingerprint density at radius 3 is 2.53 bits per heavy atom. The summed E-state index contributed by atoms with van der Waals surface area (Å²) < 4.78 is 1.67. The topological polar surface area (TPSA) is 99.4 Å². The number of fused-ring (bicyclic) bond motifs is 1. The third-order valence-corrected chi connectivity index (χ3v) is 7.32. The van der Waals surface area contributed by atoms with Gasteiger partial charge in [0, 0.05) is 31.9 Å². The van der Waals surface area contributed by atoms with Crippen molar-refractivity contribution in [2.24, 2.45) is 15.3 Å². The second-order valence-electron chi connectivity index (χ2n) is 7.53. The summed E-state index contributed by atoms with van der Waals surface area (Å²) in [7, 11) is 2.94. The van der Waals surface area contributed by atoms with Crippen LogP contribution < -0.4 is 0 Å². The van der Waals surface area contributed by atoms with Crippen LogP contribution in [0.5, 0.6) is 0 Å². The first-order chi connectivity index (χ1) is 14.0. The van der Waals surface area contributed by atoms with Crippen LogP contribution in [0.2, 0.25) is 0 Å². The maximum Gasteiger partial charge on any atom is 0.447 e. The fraction of sp³-hybridized carbons (Fsp3) is 0.706. The van der Waals surface area contributed by atoms with Crippen molar-refractivity contribution in [3.05, 3.63) is 0 Å². The predicted octanol–water partition coefficient (Wildman–Crippen LogP) is 3.71. The Hall–Kier alpha value is -1.60. The number of hydrogen-bond donors (Lipinski definition) is 0. The molecule has 0 bridgehead atoms. The van der Waals surface area contributed by atoms with Crippen LogP contribution in [0.1, 0.15) is 34.1 Å². The quantitative estimate of drug-likeness (QED) is 0.248. The Balaban J connectivity index is 1.90. The first-order valence-electron chi connectivity index (χ1n) is 9.23. The normalized spacial score (nSPS) is 19.5. The number of carbonyl (C=O) groups is 2. The molecular formula is C17H28N6O4S3. The first-order valence-corrected chi connectivity index (χ1v) is 12.0. The molecule has 0 aromatic rings. The van der Waals surface area contributed by atoms with Gasteiger partial charge in [0.15, 0.2) is 11.0 Å². The van der Waals surface area contributed by atoms with Gasteiger partial charge < -0.3 is 4.90 Å². The summed E-state index contributed by atoms with van der Waals surface area (Å²) in [5, 5.41) is 8.70. The van der Waals surface area contributed by atoms with Gasteiger partial charge in [-0.2, -0.15) is 11.8 Å². The molecule has 0 saturated carbocycles. The zero-order valence-corrected chi connectivity index (χ0v) is 20.7. The predicted molar refractivity (Wildman–Crippen MR) is 125 cm³/mol. The van der Waals surface area contributed by atoms with Crippen LogP contribution in [0.25, 0.3) is 0 Å². The van der Waals surface area contributed by atoms with Gasteiger partial charge in [0.1, 0.15) is 0 Å². The highest BCUT2D eigenvalue weighted by Gasteiger charge is 2.44. The van der Waals surface area contributed by atoms with E-state index in [1.165, 1.54) is 14.1 Å². The number of hydrogen-bond acceptors (Lipinski definition) is 10. The summed E-state index contributed by atoms with van der Waals surface area (Å²) in [5.74, 6) is 0.649. The van der Waals surface area contributed by atoms with E-state index < -0.39 is 12.2 Å². The maximum atomic E-state index is 12.3. The summed E-state index contributed by atoms with van der Waals surface area (Å²) >= 11 is 3.98. The third kappa shape index (κ3) is 6.45. The second-order valence-corrected chi connectivity index (χ2v) is 11.8. The molecule has 0 spiro atoms. The molecule has 10 nitrogen and oxygen atoms in total. The summed E-state index contributed by atoms with van der Waals surface area (Å²) in [4.78, 5) is 40.8. The van der Waals surface area contributed by atoms with Gasteiger partial charge in [-0.3, -0.25) is 14.7 Å². The van der Waals surface area contributed by atoms with Crippen molar-refractivity contribution in [3.8, 4) is 0 Å². The second kappa shape index (κ2) is 10.1. The number of amidine groups is 2. The summed E-state index contributed by atoms with van der Waals surface area (Å²) in [6, 6.07) is 0. The van der Waals surface area contributed by atoms with Gasteiger partial charge >= 0.3 is 12.2 Å². The molecule has 168 valence electrons. The minimum Gasteiger partial charge on any atom is -0.305 e. The number of oxime groups is 2. The van der Waals surface area contributed by atoms with Gasteiger partial charge in [0.25, 0.3) is 0 Å². The third-order valence-electron chi connectivity index (χ3n) is 4.15. The van der Waals surface area contributed by atoms with E-state index >= 15 is 0 Å². The van der Waals surface area contributed by atoms with Gasteiger partial charge in [-0.25, -0.2) is 18.2 Å². The van der Waals surface area contributed by atoms with Crippen molar-refractivity contribution in [2.45, 2.75) is 43.6 Å². The van der Waals surface area contributed by atoms with Gasteiger partial charge in [-0.1, -0.05) is 22.1 Å². The average Bonchev–Trinajstić information content (AvgIpc) is 2.94. The molecule has 0 radical (unpaired) electrons. The molecule has 0 unspecified atom stereocenters. The Morgan fingerprint density at radius 2 is 1.90 bits per heavy atom. The fourth-order valence-corrected chi connectivity index (χ4v) is 4.18. The number of carbonyl (C=O) groups excluding carboxylic acids is 2. The van der Waals surface area contributed by atoms with Gasteiger partial charge in [0.05, 0.1) is 23.1 Å². The number of thioether (sulfide) groups is 2. The molecule has 30 heavy (non-hydrogen) atoms. The number of nitrogens with zero attached hydrogens (tertiary/aromatic N) is 6. The van der Waals surface area contributed by atoms with Gasteiger partial charge in [0.2, 0.25) is 0 Å². The molecule has 0 aliphatic carbocycles. The number of rotatable bonds is 6. The van der Waals surface area contributed by atoms with E-state index in [0.717, 1.165) is 45.4 Å². The van der Waals surface area contributed by atoms with E-state index in [0.29, 0.717) is 5.84 Å². The molecule has 1 saturated heterocycles. The Kier molecular flexibility index (Phi) is 8.34. The van der Waals surface area contributed by atoms with Crippen LogP contribution in [-0.2, 0) is 9.68 Å². The lowest BCUT2D eigenvalue weighted by Gasteiger charge is -2.24. The monoisotopic (exact) mass is 476 g/mol. The van der Waals surface area contributed by atoms with Crippen LogP contribution in [0.15, 0.2) is 15.3 Å². The molecule has 0 N–H and O–H groups in total. The molecule has 0 aromatic carbocycles. The highest BCUT2D eigenvalue weighted by atomic mass is 32.2. The standard InChI is InChI=1S/C17H28N6O4S3/c1-16(2,28-7)11-19-26-14(24)21(5)30-22(6)15(25)27-20-12-17(3,4)29-13-18-9-8-10-23(12)13/h11H,8-10H2,1-7H3. The zero-order valence-electron chi connectivity index (χ0n) is 18.2. The van der Waals surface area contributed by atoms with Crippen molar-refractivity contribution < 1.29 is 19.3 Å². The summed E-state index contributed by atoms with van der Waals surface area (Å²) in [6.45, 7) is 9.49. The molecule has 2 amide bonds. The lowest BCUT2D eigenvalue weighted by atomic mass is 10.1. The Bertz CT molecular complexity index is 756. The van der Waals surface area contributed by atoms with Crippen LogP contribution in [0.3, 0.4) is 0 Å². The van der Waals surface area contributed by atoms with E-state index in [2.05, 4.69) is 15.3 Å². The molecular weight excluding hydrogens is 448 g/mol. The summed E-state index contributed by atoms with van der Waals surface area (Å²) in [5.41, 5.74) is 0. The minimum atomic E-state index is -0.721.